The average molecular weight is 381 g/mol. The molecule has 0 aliphatic heterocycles. The molecule has 0 aliphatic carbocycles. The highest BCUT2D eigenvalue weighted by atomic mass is 19.1. The van der Waals surface area contributed by atoms with Crippen LogP contribution in [0, 0.1) is 17.5 Å². The van der Waals surface area contributed by atoms with Crippen LogP contribution in [0.25, 0.3) is 10.9 Å². The summed E-state index contributed by atoms with van der Waals surface area (Å²) in [4.78, 5) is 12.3. The monoisotopic (exact) mass is 381 g/mol. The Morgan fingerprint density at radius 2 is 1.68 bits per heavy atom. The van der Waals surface area contributed by atoms with Gasteiger partial charge in [0, 0.05) is 11.5 Å². The molecule has 4 aromatic rings. The Labute approximate surface area is 158 Å². The molecule has 0 saturated carbocycles. The second-order valence-electron chi connectivity index (χ2n) is 6.34. The van der Waals surface area contributed by atoms with E-state index in [9.17, 15) is 18.0 Å². The van der Waals surface area contributed by atoms with Crippen molar-refractivity contribution in [3.05, 3.63) is 94.8 Å². The molecule has 28 heavy (non-hydrogen) atoms. The summed E-state index contributed by atoms with van der Waals surface area (Å²) in [6.45, 7) is 0. The van der Waals surface area contributed by atoms with Gasteiger partial charge in [-0.15, -0.1) is 0 Å². The molecule has 0 bridgehead atoms. The van der Waals surface area contributed by atoms with Gasteiger partial charge in [0.2, 0.25) is 0 Å². The molecule has 3 aromatic carbocycles. The minimum absolute atomic E-state index is 0.0926. The van der Waals surface area contributed by atoms with Gasteiger partial charge in [-0.3, -0.25) is 9.89 Å². The van der Waals surface area contributed by atoms with Crippen LogP contribution in [0.15, 0.2) is 60.7 Å². The average Bonchev–Trinajstić information content (AvgIpc) is 3.03. The molecule has 140 valence electrons. The fourth-order valence-electron chi connectivity index (χ4n) is 3.04. The van der Waals surface area contributed by atoms with Crippen LogP contribution in [0.1, 0.15) is 21.5 Å². The normalized spacial score (nSPS) is 11.0. The fraction of sp³-hybridized carbons (Fsp3) is 0.0476. The lowest BCUT2D eigenvalue weighted by atomic mass is 10.0. The fourth-order valence-corrected chi connectivity index (χ4v) is 3.04. The first kappa shape index (κ1) is 17.8. The lowest BCUT2D eigenvalue weighted by Crippen LogP contribution is -2.14. The summed E-state index contributed by atoms with van der Waals surface area (Å²) in [6, 6.07) is 14.3. The number of hydrogen-bond donors (Lipinski definition) is 2. The van der Waals surface area contributed by atoms with E-state index >= 15 is 0 Å². The minimum atomic E-state index is -0.641. The van der Waals surface area contributed by atoms with E-state index in [4.69, 9.17) is 0 Å². The van der Waals surface area contributed by atoms with Crippen LogP contribution in [0.4, 0.5) is 19.0 Å². The number of fused-ring (bicyclic) bond motifs is 1. The number of rotatable bonds is 4. The Balaban J connectivity index is 1.63. The number of halogens is 3. The van der Waals surface area contributed by atoms with Crippen molar-refractivity contribution in [2.24, 2.45) is 0 Å². The van der Waals surface area contributed by atoms with Gasteiger partial charge in [-0.2, -0.15) is 5.10 Å². The molecule has 1 amide bonds. The standard InChI is InChI=1S/C21H14F3N3O/c22-14-8-13(9-15(23)11-14)7-12-5-6-19-17(10-12)20(27-26-19)25-21(28)16-3-1-2-4-18(16)24/h1-6,8-11H,7H2,(H2,25,26,27,28). The topological polar surface area (TPSA) is 57.8 Å². The number of nitrogens with one attached hydrogen (secondary N) is 2. The van der Waals surface area contributed by atoms with E-state index < -0.39 is 23.4 Å². The van der Waals surface area contributed by atoms with Crippen LogP contribution in [0.3, 0.4) is 0 Å². The van der Waals surface area contributed by atoms with E-state index in [0.717, 1.165) is 11.6 Å². The Kier molecular flexibility index (Phi) is 4.57. The Bertz CT molecular complexity index is 1170. The van der Waals surface area contributed by atoms with Crippen molar-refractivity contribution in [3.63, 3.8) is 0 Å². The number of aromatic nitrogens is 2. The van der Waals surface area contributed by atoms with Crippen LogP contribution in [-0.4, -0.2) is 16.1 Å². The van der Waals surface area contributed by atoms with E-state index in [1.807, 2.05) is 0 Å². The second kappa shape index (κ2) is 7.19. The maximum absolute atomic E-state index is 13.8. The second-order valence-corrected chi connectivity index (χ2v) is 6.34. The smallest absolute Gasteiger partial charge is 0.259 e. The minimum Gasteiger partial charge on any atom is -0.304 e. The van der Waals surface area contributed by atoms with Gasteiger partial charge in [-0.1, -0.05) is 18.2 Å². The first-order chi connectivity index (χ1) is 13.5. The molecular formula is C21H14F3N3O. The summed E-state index contributed by atoms with van der Waals surface area (Å²) >= 11 is 0. The van der Waals surface area contributed by atoms with Gasteiger partial charge in [0.25, 0.3) is 5.91 Å². The van der Waals surface area contributed by atoms with Gasteiger partial charge in [-0.25, -0.2) is 13.2 Å². The number of H-pyrrole nitrogens is 1. The Morgan fingerprint density at radius 3 is 2.43 bits per heavy atom. The van der Waals surface area contributed by atoms with Crippen LogP contribution >= 0.6 is 0 Å². The molecule has 2 N–H and O–H groups in total. The number of anilines is 1. The van der Waals surface area contributed by atoms with Crippen molar-refractivity contribution in [2.75, 3.05) is 5.32 Å². The van der Waals surface area contributed by atoms with Gasteiger partial charge < -0.3 is 5.32 Å². The zero-order chi connectivity index (χ0) is 19.7. The first-order valence-electron chi connectivity index (χ1n) is 8.47. The molecule has 1 heterocycles. The van der Waals surface area contributed by atoms with E-state index in [2.05, 4.69) is 15.5 Å². The molecule has 0 aliphatic rings. The molecule has 0 atom stereocenters. The predicted molar refractivity (Wildman–Crippen MR) is 99.6 cm³/mol. The molecule has 0 saturated heterocycles. The van der Waals surface area contributed by atoms with Crippen molar-refractivity contribution >= 4 is 22.6 Å². The van der Waals surface area contributed by atoms with Crippen molar-refractivity contribution in [1.82, 2.24) is 10.2 Å². The van der Waals surface area contributed by atoms with Gasteiger partial charge in [0.05, 0.1) is 11.1 Å². The van der Waals surface area contributed by atoms with Crippen molar-refractivity contribution < 1.29 is 18.0 Å². The number of carbonyl (C=O) groups excluding carboxylic acids is 1. The zero-order valence-corrected chi connectivity index (χ0v) is 14.5. The third kappa shape index (κ3) is 3.59. The van der Waals surface area contributed by atoms with Crippen molar-refractivity contribution in [1.29, 1.82) is 0 Å². The molecule has 7 heteroatoms. The molecule has 0 spiro atoms. The summed E-state index contributed by atoms with van der Waals surface area (Å²) < 4.78 is 40.6. The van der Waals surface area contributed by atoms with Crippen LogP contribution in [-0.2, 0) is 6.42 Å². The number of amides is 1. The van der Waals surface area contributed by atoms with Gasteiger partial charge in [-0.05, 0) is 53.9 Å². The molecule has 0 radical (unpaired) electrons. The molecule has 4 rings (SSSR count). The van der Waals surface area contributed by atoms with Crippen LogP contribution in [0.2, 0.25) is 0 Å². The van der Waals surface area contributed by atoms with Crippen molar-refractivity contribution in [3.8, 4) is 0 Å². The van der Waals surface area contributed by atoms with E-state index in [1.165, 1.54) is 30.3 Å². The number of aromatic amines is 1. The predicted octanol–water partition coefficient (Wildman–Crippen LogP) is 4.82. The number of carbonyl (C=O) groups is 1. The largest absolute Gasteiger partial charge is 0.304 e. The summed E-state index contributed by atoms with van der Waals surface area (Å²) in [6.07, 6.45) is 0.302. The summed E-state index contributed by atoms with van der Waals surface area (Å²) in [5.74, 6) is -2.29. The van der Waals surface area contributed by atoms with Crippen molar-refractivity contribution in [2.45, 2.75) is 6.42 Å². The highest BCUT2D eigenvalue weighted by Gasteiger charge is 2.15. The van der Waals surface area contributed by atoms with Gasteiger partial charge in [0.1, 0.15) is 17.5 Å². The zero-order valence-electron chi connectivity index (χ0n) is 14.5. The lowest BCUT2D eigenvalue weighted by Gasteiger charge is -2.06. The maximum atomic E-state index is 13.8. The third-order valence-electron chi connectivity index (χ3n) is 4.31. The van der Waals surface area contributed by atoms with E-state index in [1.54, 1.807) is 24.3 Å². The number of benzene rings is 3. The number of hydrogen-bond acceptors (Lipinski definition) is 2. The van der Waals surface area contributed by atoms with Crippen LogP contribution in [0.5, 0.6) is 0 Å². The highest BCUT2D eigenvalue weighted by molar-refractivity contribution is 6.08. The first-order valence-corrected chi connectivity index (χ1v) is 8.47. The third-order valence-corrected chi connectivity index (χ3v) is 4.31. The molecule has 0 unspecified atom stereocenters. The SMILES string of the molecule is O=C(Nc1n[nH]c2ccc(Cc3cc(F)cc(F)c3)cc12)c1ccccc1F. The summed E-state index contributed by atoms with van der Waals surface area (Å²) in [5, 5.41) is 10.1. The Hall–Kier alpha value is -3.61. The molecular weight excluding hydrogens is 367 g/mol. The maximum Gasteiger partial charge on any atom is 0.259 e. The molecule has 4 nitrogen and oxygen atoms in total. The lowest BCUT2D eigenvalue weighted by molar-refractivity contribution is 0.102. The summed E-state index contributed by atoms with van der Waals surface area (Å²) in [7, 11) is 0. The summed E-state index contributed by atoms with van der Waals surface area (Å²) in [5.41, 5.74) is 1.83. The van der Waals surface area contributed by atoms with Gasteiger partial charge >= 0.3 is 0 Å². The molecule has 0 fully saturated rings. The quantitative estimate of drug-likeness (QED) is 0.532. The van der Waals surface area contributed by atoms with Crippen LogP contribution < -0.4 is 5.32 Å². The molecule has 1 aromatic heterocycles. The van der Waals surface area contributed by atoms with Gasteiger partial charge in [0.15, 0.2) is 5.82 Å². The highest BCUT2D eigenvalue weighted by Crippen LogP contribution is 2.24. The van der Waals surface area contributed by atoms with E-state index in [-0.39, 0.29) is 11.4 Å². The number of nitrogens with zero attached hydrogens (tertiary/aromatic N) is 1. The van der Waals surface area contributed by atoms with E-state index in [0.29, 0.717) is 22.9 Å². The Morgan fingerprint density at radius 1 is 0.929 bits per heavy atom.